The van der Waals surface area contributed by atoms with Crippen LogP contribution in [0.3, 0.4) is 0 Å². The number of anilines is 1. The average molecular weight is 618 g/mol. The first kappa shape index (κ1) is 30.1. The summed E-state index contributed by atoms with van der Waals surface area (Å²) in [7, 11) is 0. The molecule has 1 saturated heterocycles. The molecule has 1 atom stereocenters. The topological polar surface area (TPSA) is 23.6 Å². The first-order valence-corrected chi connectivity index (χ1v) is 16.4. The van der Waals surface area contributed by atoms with Gasteiger partial charge in [-0.15, -0.1) is 0 Å². The Morgan fingerprint density at radius 3 is 2.53 bits per heavy atom. The molecule has 1 unspecified atom stereocenters. The number of likely N-dealkylation sites (tertiary alicyclic amines) is 1. The zero-order valence-corrected chi connectivity index (χ0v) is 26.4. The van der Waals surface area contributed by atoms with Gasteiger partial charge in [-0.1, -0.05) is 66.5 Å². The van der Waals surface area contributed by atoms with Crippen LogP contribution in [0.5, 0.6) is 0 Å². The van der Waals surface area contributed by atoms with Crippen molar-refractivity contribution in [2.45, 2.75) is 51.9 Å². The van der Waals surface area contributed by atoms with Crippen LogP contribution in [0, 0.1) is 5.92 Å². The fourth-order valence-corrected chi connectivity index (χ4v) is 7.52. The fraction of sp³-hybridized carbons (Fsp3) is 0.378. The largest absolute Gasteiger partial charge is 0.305 e. The maximum atomic E-state index is 12.8. The molecule has 2 aliphatic heterocycles. The van der Waals surface area contributed by atoms with E-state index in [1.165, 1.54) is 45.4 Å². The summed E-state index contributed by atoms with van der Waals surface area (Å²) in [6.45, 7) is 5.51. The Hall–Kier alpha value is -2.92. The molecule has 0 saturated carbocycles. The van der Waals surface area contributed by atoms with E-state index in [0.29, 0.717) is 28.9 Å². The Labute approximate surface area is 265 Å². The number of fused-ring (bicyclic) bond motifs is 1. The van der Waals surface area contributed by atoms with E-state index in [1.54, 1.807) is 6.08 Å². The van der Waals surface area contributed by atoms with Crippen molar-refractivity contribution in [1.82, 2.24) is 4.90 Å². The highest BCUT2D eigenvalue weighted by Crippen LogP contribution is 2.43. The van der Waals surface area contributed by atoms with E-state index in [0.717, 1.165) is 63.0 Å². The highest BCUT2D eigenvalue weighted by Gasteiger charge is 2.26. The third-order valence-electron chi connectivity index (χ3n) is 9.25. The van der Waals surface area contributed by atoms with Gasteiger partial charge < -0.3 is 9.80 Å². The van der Waals surface area contributed by atoms with Crippen molar-refractivity contribution in [3.8, 4) is 0 Å². The summed E-state index contributed by atoms with van der Waals surface area (Å²) >= 11 is 13.1. The predicted molar refractivity (Wildman–Crippen MR) is 178 cm³/mol. The van der Waals surface area contributed by atoms with Gasteiger partial charge in [-0.2, -0.15) is 0 Å². The van der Waals surface area contributed by atoms with Crippen molar-refractivity contribution in [3.63, 3.8) is 0 Å². The molecule has 1 aliphatic carbocycles. The van der Waals surface area contributed by atoms with Gasteiger partial charge in [0.2, 0.25) is 0 Å². The molecule has 224 valence electrons. The quantitative estimate of drug-likeness (QED) is 0.239. The normalized spacial score (nSPS) is 19.2. The van der Waals surface area contributed by atoms with E-state index in [2.05, 4.69) is 54.3 Å². The summed E-state index contributed by atoms with van der Waals surface area (Å²) in [5.74, 6) is 0.680. The number of alkyl halides is 1. The molecule has 6 heteroatoms. The monoisotopic (exact) mass is 616 g/mol. The van der Waals surface area contributed by atoms with Crippen molar-refractivity contribution in [3.05, 3.63) is 110 Å². The molecule has 0 bridgehead atoms. The predicted octanol–water partition coefficient (Wildman–Crippen LogP) is 9.20. The Kier molecular flexibility index (Phi) is 9.37. The van der Waals surface area contributed by atoms with Crippen molar-refractivity contribution in [2.24, 2.45) is 5.92 Å². The second-order valence-electron chi connectivity index (χ2n) is 12.2. The molecule has 3 nitrogen and oxygen atoms in total. The lowest BCUT2D eigenvalue weighted by Crippen LogP contribution is -2.25. The zero-order valence-electron chi connectivity index (χ0n) is 24.9. The SMILES string of the molecule is CCC1=CC(=O)N(c2ccc3c(c2)CCCC(c2ccc(Cl)cc2Cl)=C3c2ccc(CC3CCN(CCCF)C3)cc2)C1. The van der Waals surface area contributed by atoms with Crippen molar-refractivity contribution >= 4 is 45.9 Å². The lowest BCUT2D eigenvalue weighted by molar-refractivity contribution is -0.113. The van der Waals surface area contributed by atoms with Crippen LogP contribution in [0.15, 0.2) is 72.3 Å². The van der Waals surface area contributed by atoms with Gasteiger partial charge in [-0.3, -0.25) is 9.18 Å². The zero-order chi connectivity index (χ0) is 29.9. The van der Waals surface area contributed by atoms with Crippen LogP contribution in [0.2, 0.25) is 10.0 Å². The summed E-state index contributed by atoms with van der Waals surface area (Å²) in [6, 6.07) is 21.4. The van der Waals surface area contributed by atoms with Gasteiger partial charge in [0.15, 0.2) is 0 Å². The van der Waals surface area contributed by atoms with Gasteiger partial charge in [0, 0.05) is 41.4 Å². The van der Waals surface area contributed by atoms with E-state index >= 15 is 0 Å². The standard InChI is InChI=1S/C37H39Cl2FN2O/c1-2-25-20-36(43)42(24-25)31-12-14-32-29(21-31)5-3-6-34(33-13-11-30(38)22-35(33)39)37(32)28-9-7-26(8-10-28)19-27-15-18-41(23-27)17-4-16-40/h7-14,20-22,27H,2-6,15-19,23-24H2,1H3. The highest BCUT2D eigenvalue weighted by molar-refractivity contribution is 6.36. The van der Waals surface area contributed by atoms with Gasteiger partial charge in [0.25, 0.3) is 5.91 Å². The number of carbonyl (C=O) groups is 1. The Morgan fingerprint density at radius 1 is 0.977 bits per heavy atom. The van der Waals surface area contributed by atoms with E-state index < -0.39 is 0 Å². The van der Waals surface area contributed by atoms with Crippen LogP contribution in [0.4, 0.5) is 10.1 Å². The number of hydrogen-bond acceptors (Lipinski definition) is 2. The molecular weight excluding hydrogens is 578 g/mol. The molecule has 3 aromatic carbocycles. The third-order valence-corrected chi connectivity index (χ3v) is 9.80. The fourth-order valence-electron chi connectivity index (χ4n) is 6.99. The molecule has 43 heavy (non-hydrogen) atoms. The molecule has 3 aliphatic rings. The second kappa shape index (κ2) is 13.4. The highest BCUT2D eigenvalue weighted by atomic mass is 35.5. The van der Waals surface area contributed by atoms with Crippen LogP contribution in [-0.2, 0) is 17.6 Å². The minimum absolute atomic E-state index is 0.0678. The van der Waals surface area contributed by atoms with E-state index in [4.69, 9.17) is 23.2 Å². The number of amides is 1. The van der Waals surface area contributed by atoms with Crippen molar-refractivity contribution < 1.29 is 9.18 Å². The maximum Gasteiger partial charge on any atom is 0.251 e. The molecule has 1 amide bonds. The van der Waals surface area contributed by atoms with Gasteiger partial charge in [0.1, 0.15) is 0 Å². The number of nitrogens with zero attached hydrogens (tertiary/aromatic N) is 2. The summed E-state index contributed by atoms with van der Waals surface area (Å²) in [6.07, 6.45) is 8.32. The first-order valence-electron chi connectivity index (χ1n) is 15.6. The molecule has 0 aromatic heterocycles. The molecule has 0 radical (unpaired) electrons. The Bertz CT molecular complexity index is 1560. The van der Waals surface area contributed by atoms with Crippen LogP contribution in [0.1, 0.15) is 66.8 Å². The Balaban J connectivity index is 1.35. The second-order valence-corrected chi connectivity index (χ2v) is 13.0. The molecule has 6 rings (SSSR count). The number of hydrogen-bond donors (Lipinski definition) is 0. The van der Waals surface area contributed by atoms with Gasteiger partial charge in [-0.05, 0) is 126 Å². The molecule has 2 heterocycles. The summed E-state index contributed by atoms with van der Waals surface area (Å²) in [5, 5.41) is 1.29. The summed E-state index contributed by atoms with van der Waals surface area (Å²) in [5.41, 5.74) is 10.5. The first-order chi connectivity index (χ1) is 20.9. The van der Waals surface area contributed by atoms with Gasteiger partial charge >= 0.3 is 0 Å². The van der Waals surface area contributed by atoms with Crippen LogP contribution in [-0.4, -0.2) is 43.7 Å². The number of aryl methyl sites for hydroxylation is 1. The van der Waals surface area contributed by atoms with Gasteiger partial charge in [-0.25, -0.2) is 0 Å². The number of halogens is 3. The molecule has 1 fully saturated rings. The maximum absolute atomic E-state index is 12.8. The smallest absolute Gasteiger partial charge is 0.251 e. The number of allylic oxidation sites excluding steroid dienone is 1. The Morgan fingerprint density at radius 2 is 1.79 bits per heavy atom. The van der Waals surface area contributed by atoms with Gasteiger partial charge in [0.05, 0.1) is 6.67 Å². The van der Waals surface area contributed by atoms with Crippen LogP contribution < -0.4 is 4.90 Å². The lowest BCUT2D eigenvalue weighted by Gasteiger charge is -2.21. The third kappa shape index (κ3) is 6.62. The van der Waals surface area contributed by atoms with Crippen molar-refractivity contribution in [2.75, 3.05) is 37.8 Å². The van der Waals surface area contributed by atoms with Crippen molar-refractivity contribution in [1.29, 1.82) is 0 Å². The number of rotatable bonds is 9. The van der Waals surface area contributed by atoms with E-state index in [-0.39, 0.29) is 12.6 Å². The summed E-state index contributed by atoms with van der Waals surface area (Å²) in [4.78, 5) is 17.1. The molecule has 0 N–H and O–H groups in total. The molecule has 0 spiro atoms. The number of carbonyl (C=O) groups excluding carboxylic acids is 1. The summed E-state index contributed by atoms with van der Waals surface area (Å²) < 4.78 is 12.6. The molecule has 3 aromatic rings. The minimum Gasteiger partial charge on any atom is -0.305 e. The minimum atomic E-state index is -0.237. The van der Waals surface area contributed by atoms with E-state index in [9.17, 15) is 9.18 Å². The van der Waals surface area contributed by atoms with E-state index in [1.807, 2.05) is 23.1 Å². The van der Waals surface area contributed by atoms with Crippen LogP contribution in [0.25, 0.3) is 11.1 Å². The average Bonchev–Trinajstić information content (AvgIpc) is 3.57. The lowest BCUT2D eigenvalue weighted by atomic mass is 9.87. The molecular formula is C37H39Cl2FN2O. The number of benzene rings is 3. The van der Waals surface area contributed by atoms with Crippen LogP contribution >= 0.6 is 23.2 Å².